The van der Waals surface area contributed by atoms with Crippen LogP contribution >= 0.6 is 11.6 Å². The molecule has 0 saturated heterocycles. The minimum atomic E-state index is -0.641. The van der Waals surface area contributed by atoms with Crippen molar-refractivity contribution >= 4 is 28.4 Å². The molecule has 4 heteroatoms. The van der Waals surface area contributed by atoms with E-state index in [0.717, 1.165) is 5.39 Å². The molecule has 0 unspecified atom stereocenters. The summed E-state index contributed by atoms with van der Waals surface area (Å²) in [7, 11) is 1.75. The molecule has 1 aromatic carbocycles. The number of hydrogen-bond acceptors (Lipinski definition) is 3. The van der Waals surface area contributed by atoms with Gasteiger partial charge in [-0.05, 0) is 45.2 Å². The van der Waals surface area contributed by atoms with Gasteiger partial charge < -0.3 is 9.73 Å². The van der Waals surface area contributed by atoms with E-state index in [1.807, 2.05) is 13.8 Å². The number of carbonyl (C=O) groups excluding carboxylic acids is 1. The van der Waals surface area contributed by atoms with Gasteiger partial charge in [-0.2, -0.15) is 0 Å². The zero-order chi connectivity index (χ0) is 12.6. The summed E-state index contributed by atoms with van der Waals surface area (Å²) in [4.78, 5) is 12.2. The van der Waals surface area contributed by atoms with Gasteiger partial charge in [-0.15, -0.1) is 0 Å². The first-order valence-electron chi connectivity index (χ1n) is 5.37. The number of likely N-dealkylation sites (N-methyl/N-ethyl adjacent to an activating group) is 1. The maximum Gasteiger partial charge on any atom is 0.217 e. The van der Waals surface area contributed by atoms with Gasteiger partial charge in [0.05, 0.1) is 5.54 Å². The van der Waals surface area contributed by atoms with Gasteiger partial charge in [0.25, 0.3) is 0 Å². The molecule has 0 aliphatic heterocycles. The first kappa shape index (κ1) is 12.1. The van der Waals surface area contributed by atoms with E-state index in [9.17, 15) is 4.79 Å². The first-order valence-corrected chi connectivity index (χ1v) is 5.74. The van der Waals surface area contributed by atoms with Crippen molar-refractivity contribution in [1.29, 1.82) is 0 Å². The second kappa shape index (κ2) is 4.17. The van der Waals surface area contributed by atoms with Crippen LogP contribution in [-0.2, 0) is 0 Å². The molecule has 1 N–H and O–H groups in total. The Hall–Kier alpha value is -1.32. The van der Waals surface area contributed by atoms with Crippen molar-refractivity contribution in [2.45, 2.75) is 19.4 Å². The van der Waals surface area contributed by atoms with Gasteiger partial charge in [-0.3, -0.25) is 4.79 Å². The predicted octanol–water partition coefficient (Wildman–Crippen LogP) is 3.27. The van der Waals surface area contributed by atoms with Crippen molar-refractivity contribution in [1.82, 2.24) is 5.32 Å². The number of benzene rings is 1. The molecule has 0 spiro atoms. The van der Waals surface area contributed by atoms with Gasteiger partial charge in [0.1, 0.15) is 5.58 Å². The van der Waals surface area contributed by atoms with Crippen LogP contribution < -0.4 is 5.32 Å². The quantitative estimate of drug-likeness (QED) is 0.852. The molecule has 0 fully saturated rings. The summed E-state index contributed by atoms with van der Waals surface area (Å²) in [6, 6.07) is 7.01. The largest absolute Gasteiger partial charge is 0.453 e. The third-order valence-electron chi connectivity index (χ3n) is 2.89. The Morgan fingerprint density at radius 2 is 2.06 bits per heavy atom. The number of hydrogen-bond donors (Lipinski definition) is 1. The molecule has 1 heterocycles. The molecule has 17 heavy (non-hydrogen) atoms. The van der Waals surface area contributed by atoms with Gasteiger partial charge in [0.15, 0.2) is 5.76 Å². The lowest BCUT2D eigenvalue weighted by Gasteiger charge is -2.20. The van der Waals surface area contributed by atoms with E-state index < -0.39 is 5.54 Å². The molecular weight excluding hydrogens is 238 g/mol. The Morgan fingerprint density at radius 1 is 1.35 bits per heavy atom. The van der Waals surface area contributed by atoms with Crippen LogP contribution in [0.1, 0.15) is 24.4 Å². The molecule has 0 saturated carbocycles. The third-order valence-corrected chi connectivity index (χ3v) is 3.13. The van der Waals surface area contributed by atoms with E-state index in [2.05, 4.69) is 5.32 Å². The molecule has 0 bridgehead atoms. The molecule has 0 radical (unpaired) electrons. The summed E-state index contributed by atoms with van der Waals surface area (Å²) < 4.78 is 5.52. The van der Waals surface area contributed by atoms with E-state index in [0.29, 0.717) is 16.4 Å². The average molecular weight is 252 g/mol. The number of rotatable bonds is 3. The molecule has 0 atom stereocenters. The summed E-state index contributed by atoms with van der Waals surface area (Å²) in [5, 5.41) is 4.43. The van der Waals surface area contributed by atoms with Gasteiger partial charge >= 0.3 is 0 Å². The van der Waals surface area contributed by atoms with Crippen molar-refractivity contribution in [3.8, 4) is 0 Å². The lowest BCUT2D eigenvalue weighted by molar-refractivity contribution is 0.0863. The van der Waals surface area contributed by atoms with Crippen LogP contribution in [-0.4, -0.2) is 18.4 Å². The highest BCUT2D eigenvalue weighted by Gasteiger charge is 2.29. The number of fused-ring (bicyclic) bond motifs is 1. The molecule has 0 aliphatic rings. The number of carbonyl (C=O) groups is 1. The van der Waals surface area contributed by atoms with E-state index in [1.54, 1.807) is 31.3 Å². The number of ketones is 1. The molecule has 3 nitrogen and oxygen atoms in total. The van der Waals surface area contributed by atoms with Crippen LogP contribution in [0, 0.1) is 0 Å². The smallest absolute Gasteiger partial charge is 0.217 e. The van der Waals surface area contributed by atoms with Gasteiger partial charge in [-0.1, -0.05) is 11.6 Å². The highest BCUT2D eigenvalue weighted by atomic mass is 35.5. The van der Waals surface area contributed by atoms with Gasteiger partial charge in [-0.25, -0.2) is 0 Å². The summed E-state index contributed by atoms with van der Waals surface area (Å²) in [6.07, 6.45) is 0. The topological polar surface area (TPSA) is 42.2 Å². The average Bonchev–Trinajstić information content (AvgIpc) is 2.70. The molecule has 1 aromatic heterocycles. The van der Waals surface area contributed by atoms with Crippen molar-refractivity contribution in [2.24, 2.45) is 0 Å². The Kier molecular flexibility index (Phi) is 2.98. The fourth-order valence-corrected chi connectivity index (χ4v) is 1.73. The van der Waals surface area contributed by atoms with E-state index >= 15 is 0 Å². The summed E-state index contributed by atoms with van der Waals surface area (Å²) >= 11 is 5.89. The minimum Gasteiger partial charge on any atom is -0.453 e. The SMILES string of the molecule is CNC(C)(C)C(=O)c1cc2cc(Cl)ccc2o1. The molecule has 2 aromatic rings. The first-order chi connectivity index (χ1) is 7.94. The number of halogens is 1. The summed E-state index contributed by atoms with van der Waals surface area (Å²) in [5.74, 6) is 0.272. The highest BCUT2D eigenvalue weighted by molar-refractivity contribution is 6.31. The van der Waals surface area contributed by atoms with E-state index in [-0.39, 0.29) is 5.78 Å². The number of nitrogens with one attached hydrogen (secondary N) is 1. The zero-order valence-corrected chi connectivity index (χ0v) is 10.8. The van der Waals surface area contributed by atoms with Crippen molar-refractivity contribution < 1.29 is 9.21 Å². The van der Waals surface area contributed by atoms with Crippen LogP contribution in [0.25, 0.3) is 11.0 Å². The molecule has 90 valence electrons. The van der Waals surface area contributed by atoms with E-state index in [1.165, 1.54) is 0 Å². The summed E-state index contributed by atoms with van der Waals surface area (Å²) in [5.41, 5.74) is 0.0298. The maximum absolute atomic E-state index is 12.2. The van der Waals surface area contributed by atoms with Crippen LogP contribution in [0.3, 0.4) is 0 Å². The van der Waals surface area contributed by atoms with Gasteiger partial charge in [0.2, 0.25) is 5.78 Å². The highest BCUT2D eigenvalue weighted by Crippen LogP contribution is 2.25. The fourth-order valence-electron chi connectivity index (χ4n) is 1.55. The maximum atomic E-state index is 12.2. The second-order valence-corrected chi connectivity index (χ2v) is 4.93. The lowest BCUT2D eigenvalue weighted by Crippen LogP contribution is -2.44. The van der Waals surface area contributed by atoms with Crippen LogP contribution in [0.15, 0.2) is 28.7 Å². The standard InChI is InChI=1S/C13H14ClNO2/c1-13(2,15-3)12(16)11-7-8-6-9(14)4-5-10(8)17-11/h4-7,15H,1-3H3. The second-order valence-electron chi connectivity index (χ2n) is 4.50. The van der Waals surface area contributed by atoms with Crippen LogP contribution in [0.2, 0.25) is 5.02 Å². The predicted molar refractivity (Wildman–Crippen MR) is 68.7 cm³/mol. The van der Waals surface area contributed by atoms with E-state index in [4.69, 9.17) is 16.0 Å². The molecule has 0 amide bonds. The zero-order valence-electron chi connectivity index (χ0n) is 10.0. The third kappa shape index (κ3) is 2.21. The molecular formula is C13H14ClNO2. The Morgan fingerprint density at radius 3 is 2.71 bits per heavy atom. The number of Topliss-reactive ketones (excluding diaryl/α,β-unsaturated/α-hetero) is 1. The number of furan rings is 1. The molecule has 2 rings (SSSR count). The minimum absolute atomic E-state index is 0.0766. The summed E-state index contributed by atoms with van der Waals surface area (Å²) in [6.45, 7) is 3.63. The normalized spacial score (nSPS) is 12.0. The fraction of sp³-hybridized carbons (Fsp3) is 0.308. The van der Waals surface area contributed by atoms with Gasteiger partial charge in [0, 0.05) is 10.4 Å². The van der Waals surface area contributed by atoms with Crippen LogP contribution in [0.4, 0.5) is 0 Å². The lowest BCUT2D eigenvalue weighted by atomic mass is 9.97. The Balaban J connectivity index is 2.47. The monoisotopic (exact) mass is 251 g/mol. The molecule has 0 aliphatic carbocycles. The Bertz CT molecular complexity index is 572. The Labute approximate surface area is 105 Å². The van der Waals surface area contributed by atoms with Crippen LogP contribution in [0.5, 0.6) is 0 Å². The van der Waals surface area contributed by atoms with Crippen molar-refractivity contribution in [2.75, 3.05) is 7.05 Å². The van der Waals surface area contributed by atoms with Crippen molar-refractivity contribution in [3.05, 3.63) is 35.0 Å². The van der Waals surface area contributed by atoms with Crippen molar-refractivity contribution in [3.63, 3.8) is 0 Å².